The van der Waals surface area contributed by atoms with E-state index < -0.39 is 0 Å². The summed E-state index contributed by atoms with van der Waals surface area (Å²) in [6.45, 7) is 5.46. The number of hydrogen-bond acceptors (Lipinski definition) is 3. The summed E-state index contributed by atoms with van der Waals surface area (Å²) in [5.41, 5.74) is 5.94. The van der Waals surface area contributed by atoms with E-state index in [9.17, 15) is 0 Å². The van der Waals surface area contributed by atoms with Crippen LogP contribution in [0.4, 0.5) is 0 Å². The largest absolute Gasteiger partial charge is 0.382 e. The minimum Gasteiger partial charge on any atom is -0.382 e. The lowest BCUT2D eigenvalue weighted by molar-refractivity contribution is 0.0630. The molecule has 0 aromatic heterocycles. The lowest BCUT2D eigenvalue weighted by atomic mass is 9.71. The Morgan fingerprint density at radius 3 is 2.58 bits per heavy atom. The summed E-state index contributed by atoms with van der Waals surface area (Å²) in [5.74, 6) is 2.54. The Kier molecular flexibility index (Phi) is 9.48. The maximum absolute atomic E-state index is 5.94. The van der Waals surface area contributed by atoms with Crippen LogP contribution in [-0.2, 0) is 9.47 Å². The van der Waals surface area contributed by atoms with Crippen molar-refractivity contribution in [1.82, 2.24) is 0 Å². The van der Waals surface area contributed by atoms with Gasteiger partial charge in [-0.25, -0.2) is 0 Å². The van der Waals surface area contributed by atoms with Crippen molar-refractivity contribution < 1.29 is 9.47 Å². The molecular weight excluding hydrogens is 238 g/mol. The molecular formula is C16H33NO2. The quantitative estimate of drug-likeness (QED) is 0.620. The molecule has 0 spiro atoms. The van der Waals surface area contributed by atoms with Crippen molar-refractivity contribution >= 4 is 0 Å². The van der Waals surface area contributed by atoms with Gasteiger partial charge in [-0.2, -0.15) is 0 Å². The standard InChI is InChI=1S/C16H33NO2/c1-3-5-14-7-8-16(13-17)15(12-14)6-4-9-19-11-10-18-2/h14-16H,3-13,17H2,1-2H3. The Labute approximate surface area is 119 Å². The summed E-state index contributed by atoms with van der Waals surface area (Å²) in [6.07, 6.45) is 9.32. The maximum Gasteiger partial charge on any atom is 0.0700 e. The fraction of sp³-hybridized carbons (Fsp3) is 1.00. The second-order valence-electron chi connectivity index (χ2n) is 5.97. The van der Waals surface area contributed by atoms with E-state index in [-0.39, 0.29) is 0 Å². The molecule has 0 heterocycles. The highest BCUT2D eigenvalue weighted by Gasteiger charge is 2.28. The SMILES string of the molecule is CCCC1CCC(CN)C(CCCOCCOC)C1. The molecule has 0 aliphatic heterocycles. The third-order valence-electron chi connectivity index (χ3n) is 4.54. The molecule has 19 heavy (non-hydrogen) atoms. The van der Waals surface area contributed by atoms with Gasteiger partial charge in [0.25, 0.3) is 0 Å². The van der Waals surface area contributed by atoms with Gasteiger partial charge in [-0.3, -0.25) is 0 Å². The van der Waals surface area contributed by atoms with Gasteiger partial charge in [-0.05, 0) is 50.0 Å². The summed E-state index contributed by atoms with van der Waals surface area (Å²) in [5, 5.41) is 0. The van der Waals surface area contributed by atoms with E-state index in [4.69, 9.17) is 15.2 Å². The average Bonchev–Trinajstić information content (AvgIpc) is 2.43. The van der Waals surface area contributed by atoms with Crippen molar-refractivity contribution in [2.24, 2.45) is 23.5 Å². The molecule has 114 valence electrons. The van der Waals surface area contributed by atoms with E-state index in [1.165, 1.54) is 44.9 Å². The molecule has 1 aliphatic rings. The van der Waals surface area contributed by atoms with Gasteiger partial charge in [0.15, 0.2) is 0 Å². The monoisotopic (exact) mass is 271 g/mol. The summed E-state index contributed by atoms with van der Waals surface area (Å²) >= 11 is 0. The zero-order valence-electron chi connectivity index (χ0n) is 12.9. The third kappa shape index (κ3) is 6.73. The van der Waals surface area contributed by atoms with E-state index >= 15 is 0 Å². The van der Waals surface area contributed by atoms with Crippen molar-refractivity contribution in [2.45, 2.75) is 51.9 Å². The van der Waals surface area contributed by atoms with Gasteiger partial charge in [0.2, 0.25) is 0 Å². The minimum atomic E-state index is 0.702. The van der Waals surface area contributed by atoms with Crippen molar-refractivity contribution in [3.8, 4) is 0 Å². The van der Waals surface area contributed by atoms with E-state index in [1.807, 2.05) is 0 Å². The Balaban J connectivity index is 2.19. The first-order chi connectivity index (χ1) is 9.31. The van der Waals surface area contributed by atoms with Crippen LogP contribution in [0.5, 0.6) is 0 Å². The summed E-state index contributed by atoms with van der Waals surface area (Å²) in [4.78, 5) is 0. The smallest absolute Gasteiger partial charge is 0.0700 e. The first-order valence-electron chi connectivity index (χ1n) is 8.08. The van der Waals surface area contributed by atoms with Gasteiger partial charge in [0.05, 0.1) is 13.2 Å². The van der Waals surface area contributed by atoms with Crippen LogP contribution in [0.25, 0.3) is 0 Å². The van der Waals surface area contributed by atoms with Crippen LogP contribution < -0.4 is 5.73 Å². The van der Waals surface area contributed by atoms with Crippen LogP contribution in [0, 0.1) is 17.8 Å². The normalized spacial score (nSPS) is 27.6. The highest BCUT2D eigenvalue weighted by Crippen LogP contribution is 2.37. The second-order valence-corrected chi connectivity index (χ2v) is 5.97. The van der Waals surface area contributed by atoms with E-state index in [0.29, 0.717) is 6.61 Å². The number of methoxy groups -OCH3 is 1. The molecule has 3 unspecified atom stereocenters. The third-order valence-corrected chi connectivity index (χ3v) is 4.54. The lowest BCUT2D eigenvalue weighted by Gasteiger charge is -2.35. The van der Waals surface area contributed by atoms with Crippen LogP contribution in [0.1, 0.15) is 51.9 Å². The van der Waals surface area contributed by atoms with Crippen LogP contribution in [-0.4, -0.2) is 33.5 Å². The van der Waals surface area contributed by atoms with Crippen molar-refractivity contribution in [1.29, 1.82) is 0 Å². The van der Waals surface area contributed by atoms with Gasteiger partial charge >= 0.3 is 0 Å². The Morgan fingerprint density at radius 1 is 1.05 bits per heavy atom. The Bertz CT molecular complexity index is 211. The zero-order chi connectivity index (χ0) is 13.9. The van der Waals surface area contributed by atoms with Gasteiger partial charge in [0.1, 0.15) is 0 Å². The number of nitrogens with two attached hydrogens (primary N) is 1. The van der Waals surface area contributed by atoms with Gasteiger partial charge in [-0.15, -0.1) is 0 Å². The number of rotatable bonds is 10. The maximum atomic E-state index is 5.94. The molecule has 2 N–H and O–H groups in total. The fourth-order valence-corrected chi connectivity index (χ4v) is 3.45. The molecule has 3 heteroatoms. The van der Waals surface area contributed by atoms with E-state index in [2.05, 4.69) is 6.92 Å². The summed E-state index contributed by atoms with van der Waals surface area (Å²) < 4.78 is 10.5. The van der Waals surface area contributed by atoms with E-state index in [1.54, 1.807) is 7.11 Å². The Hall–Kier alpha value is -0.120. The highest BCUT2D eigenvalue weighted by molar-refractivity contribution is 4.80. The summed E-state index contributed by atoms with van der Waals surface area (Å²) in [7, 11) is 1.71. The molecule has 0 bridgehead atoms. The zero-order valence-corrected chi connectivity index (χ0v) is 12.9. The lowest BCUT2D eigenvalue weighted by Crippen LogP contribution is -2.30. The molecule has 0 radical (unpaired) electrons. The minimum absolute atomic E-state index is 0.702. The van der Waals surface area contributed by atoms with Gasteiger partial charge in [-0.1, -0.05) is 26.2 Å². The average molecular weight is 271 g/mol. The van der Waals surface area contributed by atoms with Crippen molar-refractivity contribution in [3.63, 3.8) is 0 Å². The fourth-order valence-electron chi connectivity index (χ4n) is 3.45. The van der Waals surface area contributed by atoms with Crippen molar-refractivity contribution in [3.05, 3.63) is 0 Å². The molecule has 0 aromatic rings. The molecule has 3 atom stereocenters. The van der Waals surface area contributed by atoms with Crippen molar-refractivity contribution in [2.75, 3.05) is 33.5 Å². The van der Waals surface area contributed by atoms with Gasteiger partial charge < -0.3 is 15.2 Å². The van der Waals surface area contributed by atoms with Crippen LogP contribution >= 0.6 is 0 Å². The summed E-state index contributed by atoms with van der Waals surface area (Å²) in [6, 6.07) is 0. The van der Waals surface area contributed by atoms with Crippen LogP contribution in [0.15, 0.2) is 0 Å². The van der Waals surface area contributed by atoms with E-state index in [0.717, 1.165) is 37.5 Å². The Morgan fingerprint density at radius 2 is 1.89 bits per heavy atom. The number of hydrogen-bond donors (Lipinski definition) is 1. The predicted octanol–water partition coefficient (Wildman–Crippen LogP) is 3.22. The predicted molar refractivity (Wildman–Crippen MR) is 80.2 cm³/mol. The molecule has 1 saturated carbocycles. The topological polar surface area (TPSA) is 44.5 Å². The first-order valence-corrected chi connectivity index (χ1v) is 8.08. The highest BCUT2D eigenvalue weighted by atomic mass is 16.5. The molecule has 1 rings (SSSR count). The second kappa shape index (κ2) is 10.6. The van der Waals surface area contributed by atoms with Crippen LogP contribution in [0.2, 0.25) is 0 Å². The molecule has 0 aromatic carbocycles. The molecule has 1 fully saturated rings. The molecule has 1 aliphatic carbocycles. The molecule has 0 saturated heterocycles. The van der Waals surface area contributed by atoms with Gasteiger partial charge in [0, 0.05) is 13.7 Å². The number of ether oxygens (including phenoxy) is 2. The molecule has 3 nitrogen and oxygen atoms in total. The first kappa shape index (κ1) is 16.9. The molecule has 0 amide bonds. The van der Waals surface area contributed by atoms with Crippen LogP contribution in [0.3, 0.4) is 0 Å².